The summed E-state index contributed by atoms with van der Waals surface area (Å²) in [5, 5.41) is 8.84. The zero-order valence-electron chi connectivity index (χ0n) is 13.9. The Morgan fingerprint density at radius 1 is 1.22 bits per heavy atom. The van der Waals surface area contributed by atoms with Gasteiger partial charge in [-0.1, -0.05) is 0 Å². The van der Waals surface area contributed by atoms with Gasteiger partial charge in [0.15, 0.2) is 11.3 Å². The van der Waals surface area contributed by atoms with E-state index < -0.39 is 5.97 Å². The van der Waals surface area contributed by atoms with Crippen molar-refractivity contribution in [2.24, 2.45) is 0 Å². The zero-order chi connectivity index (χ0) is 16.7. The second kappa shape index (κ2) is 5.49. The van der Waals surface area contributed by atoms with Gasteiger partial charge >= 0.3 is 5.97 Å². The lowest BCUT2D eigenvalue weighted by Gasteiger charge is -2.07. The van der Waals surface area contributed by atoms with E-state index in [2.05, 4.69) is 15.2 Å². The molecule has 3 rings (SSSR count). The van der Waals surface area contributed by atoms with Crippen LogP contribution in [0.1, 0.15) is 34.5 Å². The van der Waals surface area contributed by atoms with Gasteiger partial charge in [-0.3, -0.25) is 4.68 Å². The molecule has 0 saturated carbocycles. The number of fused-ring (bicyclic) bond motifs is 1. The third kappa shape index (κ3) is 2.38. The maximum Gasteiger partial charge on any atom is 0.356 e. The van der Waals surface area contributed by atoms with E-state index in [0.717, 1.165) is 29.2 Å². The van der Waals surface area contributed by atoms with Crippen LogP contribution in [0.4, 0.5) is 0 Å². The third-order valence-electron chi connectivity index (χ3n) is 3.88. The summed E-state index contributed by atoms with van der Waals surface area (Å²) in [7, 11) is 1.36. The van der Waals surface area contributed by atoms with E-state index in [1.54, 1.807) is 6.07 Å². The number of hydrogen-bond donors (Lipinski definition) is 0. The molecule has 7 heteroatoms. The Balaban J connectivity index is 2.31. The fraction of sp³-hybridized carbons (Fsp3) is 0.375. The molecule has 0 radical (unpaired) electrons. The summed E-state index contributed by atoms with van der Waals surface area (Å²) >= 11 is 0. The summed E-state index contributed by atoms with van der Waals surface area (Å²) in [6.07, 6.45) is 0. The second-order valence-electron chi connectivity index (χ2n) is 5.44. The highest BCUT2D eigenvalue weighted by molar-refractivity contribution is 5.89. The van der Waals surface area contributed by atoms with Crippen LogP contribution in [0.15, 0.2) is 12.1 Å². The predicted molar refractivity (Wildman–Crippen MR) is 85.4 cm³/mol. The molecule has 0 bridgehead atoms. The molecule has 3 heterocycles. The van der Waals surface area contributed by atoms with Crippen LogP contribution in [-0.2, 0) is 11.3 Å². The van der Waals surface area contributed by atoms with Gasteiger partial charge in [0.05, 0.1) is 24.2 Å². The van der Waals surface area contributed by atoms with Crippen LogP contribution in [-0.4, -0.2) is 37.5 Å². The summed E-state index contributed by atoms with van der Waals surface area (Å²) in [6.45, 7) is 8.63. The van der Waals surface area contributed by atoms with Crippen molar-refractivity contribution in [2.45, 2.75) is 34.2 Å². The molecule has 0 aliphatic carbocycles. The van der Waals surface area contributed by atoms with Crippen molar-refractivity contribution in [3.63, 3.8) is 0 Å². The van der Waals surface area contributed by atoms with Crippen LogP contribution < -0.4 is 0 Å². The standard InChI is InChI=1S/C16H19N5O2/c1-6-20-11(4)15(10(3)19-20)12-8-13(16(22)23-5)21-14(17-12)7-9(2)18-21/h7-8H,6H2,1-5H3. The van der Waals surface area contributed by atoms with E-state index in [1.165, 1.54) is 11.6 Å². The first-order chi connectivity index (χ1) is 11.0. The van der Waals surface area contributed by atoms with Crippen LogP contribution in [0, 0.1) is 20.8 Å². The first-order valence-corrected chi connectivity index (χ1v) is 7.46. The summed E-state index contributed by atoms with van der Waals surface area (Å²) in [5.74, 6) is -0.445. The van der Waals surface area contributed by atoms with E-state index in [-0.39, 0.29) is 0 Å². The number of nitrogens with zero attached hydrogens (tertiary/aromatic N) is 5. The van der Waals surface area contributed by atoms with Gasteiger partial charge in [0.25, 0.3) is 0 Å². The van der Waals surface area contributed by atoms with Crippen LogP contribution in [0.25, 0.3) is 16.9 Å². The molecular formula is C16H19N5O2. The van der Waals surface area contributed by atoms with Gasteiger partial charge in [0, 0.05) is 23.9 Å². The molecule has 0 spiro atoms. The number of aryl methyl sites for hydroxylation is 3. The van der Waals surface area contributed by atoms with E-state index in [9.17, 15) is 4.79 Å². The number of ether oxygens (including phenoxy) is 1. The minimum Gasteiger partial charge on any atom is -0.464 e. The van der Waals surface area contributed by atoms with Crippen LogP contribution in [0.3, 0.4) is 0 Å². The fourth-order valence-electron chi connectivity index (χ4n) is 2.84. The number of carbonyl (C=O) groups is 1. The summed E-state index contributed by atoms with van der Waals surface area (Å²) in [5.41, 5.74) is 5.30. The average molecular weight is 313 g/mol. The van der Waals surface area contributed by atoms with E-state index >= 15 is 0 Å². The Labute approximate surface area is 133 Å². The topological polar surface area (TPSA) is 74.3 Å². The molecule has 0 fully saturated rings. The first-order valence-electron chi connectivity index (χ1n) is 7.46. The van der Waals surface area contributed by atoms with Crippen LogP contribution in [0.2, 0.25) is 0 Å². The van der Waals surface area contributed by atoms with Gasteiger partial charge in [-0.2, -0.15) is 10.2 Å². The molecule has 0 atom stereocenters. The highest BCUT2D eigenvalue weighted by Crippen LogP contribution is 2.27. The molecule has 0 aliphatic rings. The lowest BCUT2D eigenvalue weighted by Crippen LogP contribution is -2.11. The monoisotopic (exact) mass is 313 g/mol. The van der Waals surface area contributed by atoms with Gasteiger partial charge in [-0.25, -0.2) is 14.3 Å². The number of rotatable bonds is 3. The fourth-order valence-corrected chi connectivity index (χ4v) is 2.84. The smallest absolute Gasteiger partial charge is 0.356 e. The summed E-state index contributed by atoms with van der Waals surface area (Å²) < 4.78 is 8.32. The highest BCUT2D eigenvalue weighted by atomic mass is 16.5. The molecular weight excluding hydrogens is 294 g/mol. The number of carbonyl (C=O) groups excluding carboxylic acids is 1. The number of aromatic nitrogens is 5. The van der Waals surface area contributed by atoms with Gasteiger partial charge in [-0.05, 0) is 33.8 Å². The Morgan fingerprint density at radius 2 is 1.96 bits per heavy atom. The quantitative estimate of drug-likeness (QED) is 0.694. The minimum absolute atomic E-state index is 0.351. The molecule has 120 valence electrons. The molecule has 0 N–H and O–H groups in total. The second-order valence-corrected chi connectivity index (χ2v) is 5.44. The lowest BCUT2D eigenvalue weighted by atomic mass is 10.1. The van der Waals surface area contributed by atoms with Crippen LogP contribution >= 0.6 is 0 Å². The molecule has 0 aromatic carbocycles. The molecule has 0 amide bonds. The van der Waals surface area contributed by atoms with E-state index in [1.807, 2.05) is 38.4 Å². The summed E-state index contributed by atoms with van der Waals surface area (Å²) in [6, 6.07) is 3.55. The normalized spacial score (nSPS) is 11.2. The summed E-state index contributed by atoms with van der Waals surface area (Å²) in [4.78, 5) is 16.8. The van der Waals surface area contributed by atoms with Gasteiger partial charge in [0.1, 0.15) is 0 Å². The minimum atomic E-state index is -0.445. The van der Waals surface area contributed by atoms with Crippen molar-refractivity contribution < 1.29 is 9.53 Å². The van der Waals surface area contributed by atoms with Crippen molar-refractivity contribution in [2.75, 3.05) is 7.11 Å². The number of esters is 1. The lowest BCUT2D eigenvalue weighted by molar-refractivity contribution is 0.0590. The van der Waals surface area contributed by atoms with E-state index in [4.69, 9.17) is 4.74 Å². The molecule has 3 aromatic heterocycles. The predicted octanol–water partition coefficient (Wildman–Crippen LogP) is 2.32. The Morgan fingerprint density at radius 3 is 2.57 bits per heavy atom. The average Bonchev–Trinajstić information content (AvgIpc) is 3.03. The Hall–Kier alpha value is -2.70. The van der Waals surface area contributed by atoms with Crippen molar-refractivity contribution >= 4 is 11.6 Å². The molecule has 7 nitrogen and oxygen atoms in total. The maximum atomic E-state index is 12.1. The molecule has 3 aromatic rings. The third-order valence-corrected chi connectivity index (χ3v) is 3.88. The maximum absolute atomic E-state index is 12.1. The zero-order valence-corrected chi connectivity index (χ0v) is 13.9. The highest BCUT2D eigenvalue weighted by Gasteiger charge is 2.20. The van der Waals surface area contributed by atoms with Crippen LogP contribution in [0.5, 0.6) is 0 Å². The van der Waals surface area contributed by atoms with Crippen molar-refractivity contribution in [1.29, 1.82) is 0 Å². The molecule has 0 saturated heterocycles. The van der Waals surface area contributed by atoms with Gasteiger partial charge in [0.2, 0.25) is 0 Å². The van der Waals surface area contributed by atoms with Crippen molar-refractivity contribution in [1.82, 2.24) is 24.4 Å². The number of methoxy groups -OCH3 is 1. The van der Waals surface area contributed by atoms with Gasteiger partial charge < -0.3 is 4.74 Å². The van der Waals surface area contributed by atoms with Crippen molar-refractivity contribution in [3.8, 4) is 11.3 Å². The van der Waals surface area contributed by atoms with E-state index in [0.29, 0.717) is 17.0 Å². The SMILES string of the molecule is CCn1nc(C)c(-c2cc(C(=O)OC)n3nc(C)cc3n2)c1C. The number of hydrogen-bond acceptors (Lipinski definition) is 5. The van der Waals surface area contributed by atoms with Crippen molar-refractivity contribution in [3.05, 3.63) is 34.9 Å². The molecule has 0 unspecified atom stereocenters. The largest absolute Gasteiger partial charge is 0.464 e. The molecule has 0 aliphatic heterocycles. The van der Waals surface area contributed by atoms with Gasteiger partial charge in [-0.15, -0.1) is 0 Å². The molecule has 23 heavy (non-hydrogen) atoms. The Bertz CT molecular complexity index is 907. The Kier molecular flexibility index (Phi) is 3.63. The first kappa shape index (κ1) is 15.2.